The molecule has 0 aliphatic carbocycles. The zero-order valence-electron chi connectivity index (χ0n) is 10.8. The van der Waals surface area contributed by atoms with Gasteiger partial charge in [-0.2, -0.15) is 0 Å². The molecule has 0 saturated heterocycles. The Balaban J connectivity index is 2.52. The van der Waals surface area contributed by atoms with Gasteiger partial charge in [-0.3, -0.25) is 4.98 Å². The topological polar surface area (TPSA) is 51.6 Å². The van der Waals surface area contributed by atoms with Crippen molar-refractivity contribution in [1.82, 2.24) is 4.98 Å². The van der Waals surface area contributed by atoms with Gasteiger partial charge in [-0.05, 0) is 25.5 Å². The van der Waals surface area contributed by atoms with Crippen molar-refractivity contribution in [3.8, 4) is 17.2 Å². The van der Waals surface area contributed by atoms with Crippen molar-refractivity contribution in [2.24, 2.45) is 0 Å². The first-order valence-corrected chi connectivity index (χ1v) is 5.98. The monoisotopic (exact) mass is 247 g/mol. The fourth-order valence-electron chi connectivity index (χ4n) is 1.70. The van der Waals surface area contributed by atoms with Crippen LogP contribution in [0.25, 0.3) is 10.9 Å². The number of pyridine rings is 1. The Bertz CT molecular complexity index is 554. The summed E-state index contributed by atoms with van der Waals surface area (Å²) in [7, 11) is 1.51. The third-order valence-corrected chi connectivity index (χ3v) is 2.91. The highest BCUT2D eigenvalue weighted by molar-refractivity contribution is 5.87. The van der Waals surface area contributed by atoms with Crippen molar-refractivity contribution in [3.05, 3.63) is 24.4 Å². The Morgan fingerprint density at radius 2 is 2.11 bits per heavy atom. The summed E-state index contributed by atoms with van der Waals surface area (Å²) >= 11 is 0. The van der Waals surface area contributed by atoms with Crippen LogP contribution >= 0.6 is 0 Å². The number of phenolic OH excluding ortho intramolecular Hbond substituents is 1. The van der Waals surface area contributed by atoms with Crippen molar-refractivity contribution < 1.29 is 14.6 Å². The van der Waals surface area contributed by atoms with E-state index in [1.54, 1.807) is 24.4 Å². The van der Waals surface area contributed by atoms with Crippen molar-refractivity contribution in [1.29, 1.82) is 0 Å². The molecule has 1 unspecified atom stereocenters. The number of ether oxygens (including phenoxy) is 2. The van der Waals surface area contributed by atoms with Crippen LogP contribution in [0.5, 0.6) is 17.2 Å². The molecule has 18 heavy (non-hydrogen) atoms. The third-order valence-electron chi connectivity index (χ3n) is 2.91. The first kappa shape index (κ1) is 12.5. The van der Waals surface area contributed by atoms with E-state index in [1.165, 1.54) is 7.11 Å². The summed E-state index contributed by atoms with van der Waals surface area (Å²) in [6.45, 7) is 4.07. The highest BCUT2D eigenvalue weighted by atomic mass is 16.5. The fraction of sp³-hybridized carbons (Fsp3) is 0.357. The van der Waals surface area contributed by atoms with Crippen LogP contribution in [0.4, 0.5) is 0 Å². The second-order valence-electron chi connectivity index (χ2n) is 4.19. The van der Waals surface area contributed by atoms with Crippen LogP contribution in [0.1, 0.15) is 20.3 Å². The molecule has 2 aromatic rings. The minimum Gasteiger partial charge on any atom is -0.504 e. The summed E-state index contributed by atoms with van der Waals surface area (Å²) < 4.78 is 10.9. The Labute approximate surface area is 106 Å². The number of fused-ring (bicyclic) bond motifs is 1. The predicted octanol–water partition coefficient (Wildman–Crippen LogP) is 3.13. The van der Waals surface area contributed by atoms with Crippen LogP contribution in [0.3, 0.4) is 0 Å². The normalized spacial score (nSPS) is 12.4. The van der Waals surface area contributed by atoms with E-state index in [4.69, 9.17) is 9.47 Å². The van der Waals surface area contributed by atoms with Crippen molar-refractivity contribution in [2.45, 2.75) is 26.4 Å². The molecule has 0 saturated carbocycles. The highest BCUT2D eigenvalue weighted by Gasteiger charge is 2.10. The highest BCUT2D eigenvalue weighted by Crippen LogP contribution is 2.34. The van der Waals surface area contributed by atoms with E-state index in [2.05, 4.69) is 11.9 Å². The lowest BCUT2D eigenvalue weighted by Gasteiger charge is -2.15. The minimum atomic E-state index is 0.0898. The molecule has 0 spiro atoms. The molecule has 1 N–H and O–H groups in total. The Morgan fingerprint density at radius 3 is 2.78 bits per heavy atom. The number of hydrogen-bond donors (Lipinski definition) is 1. The van der Waals surface area contributed by atoms with Gasteiger partial charge < -0.3 is 14.6 Å². The van der Waals surface area contributed by atoms with Crippen molar-refractivity contribution in [2.75, 3.05) is 7.11 Å². The molecule has 0 aliphatic heterocycles. The lowest BCUT2D eigenvalue weighted by atomic mass is 10.2. The lowest BCUT2D eigenvalue weighted by molar-refractivity contribution is 0.220. The summed E-state index contributed by atoms with van der Waals surface area (Å²) in [5.74, 6) is 1.23. The molecule has 0 fully saturated rings. The molecule has 0 bridgehead atoms. The van der Waals surface area contributed by atoms with Crippen LogP contribution in [0, 0.1) is 0 Å². The van der Waals surface area contributed by atoms with E-state index in [0.29, 0.717) is 5.75 Å². The van der Waals surface area contributed by atoms with Crippen LogP contribution in [0.2, 0.25) is 0 Å². The summed E-state index contributed by atoms with van der Waals surface area (Å²) in [6, 6.07) is 5.13. The van der Waals surface area contributed by atoms with E-state index < -0.39 is 0 Å². The quantitative estimate of drug-likeness (QED) is 0.901. The van der Waals surface area contributed by atoms with Gasteiger partial charge in [-0.15, -0.1) is 0 Å². The second-order valence-corrected chi connectivity index (χ2v) is 4.19. The van der Waals surface area contributed by atoms with Crippen LogP contribution in [-0.2, 0) is 0 Å². The standard InChI is InChI=1S/C14H17NO3/c1-4-9(2)18-13-5-6-15-11-8-14(17-3)12(16)7-10(11)13/h5-9,16H,4H2,1-3H3. The maximum absolute atomic E-state index is 9.82. The molecule has 0 aliphatic rings. The van der Waals surface area contributed by atoms with E-state index >= 15 is 0 Å². The van der Waals surface area contributed by atoms with Crippen molar-refractivity contribution >= 4 is 10.9 Å². The van der Waals surface area contributed by atoms with E-state index in [1.807, 2.05) is 6.92 Å². The summed E-state index contributed by atoms with van der Waals surface area (Å²) in [5, 5.41) is 10.6. The summed E-state index contributed by atoms with van der Waals surface area (Å²) in [4.78, 5) is 4.25. The van der Waals surface area contributed by atoms with Gasteiger partial charge in [-0.25, -0.2) is 0 Å². The second kappa shape index (κ2) is 5.12. The van der Waals surface area contributed by atoms with Gasteiger partial charge in [0.2, 0.25) is 0 Å². The van der Waals surface area contributed by atoms with Gasteiger partial charge in [0.15, 0.2) is 11.5 Å². The number of methoxy groups -OCH3 is 1. The number of rotatable bonds is 4. The predicted molar refractivity (Wildman–Crippen MR) is 70.3 cm³/mol. The van der Waals surface area contributed by atoms with Gasteiger partial charge in [-0.1, -0.05) is 6.92 Å². The first-order valence-electron chi connectivity index (χ1n) is 5.98. The molecular weight excluding hydrogens is 230 g/mol. The van der Waals surface area contributed by atoms with Gasteiger partial charge >= 0.3 is 0 Å². The summed E-state index contributed by atoms with van der Waals surface area (Å²) in [5.41, 5.74) is 0.741. The molecule has 0 radical (unpaired) electrons. The number of phenols is 1. The zero-order chi connectivity index (χ0) is 13.1. The summed E-state index contributed by atoms with van der Waals surface area (Å²) in [6.07, 6.45) is 2.74. The molecule has 2 rings (SSSR count). The SMILES string of the molecule is CCC(C)Oc1ccnc2cc(OC)c(O)cc12. The van der Waals surface area contributed by atoms with E-state index in [9.17, 15) is 5.11 Å². The van der Waals surface area contributed by atoms with Crippen LogP contribution < -0.4 is 9.47 Å². The van der Waals surface area contributed by atoms with E-state index in [-0.39, 0.29) is 11.9 Å². The molecule has 4 heteroatoms. The van der Waals surface area contributed by atoms with Gasteiger partial charge in [0.05, 0.1) is 18.7 Å². The zero-order valence-corrected chi connectivity index (χ0v) is 10.8. The maximum atomic E-state index is 9.82. The van der Waals surface area contributed by atoms with Crippen molar-refractivity contribution in [3.63, 3.8) is 0 Å². The van der Waals surface area contributed by atoms with Crippen LogP contribution in [-0.4, -0.2) is 23.3 Å². The molecule has 4 nitrogen and oxygen atoms in total. The third kappa shape index (κ3) is 2.32. The fourth-order valence-corrected chi connectivity index (χ4v) is 1.70. The lowest BCUT2D eigenvalue weighted by Crippen LogP contribution is -2.10. The number of benzene rings is 1. The maximum Gasteiger partial charge on any atom is 0.162 e. The number of hydrogen-bond acceptors (Lipinski definition) is 4. The minimum absolute atomic E-state index is 0.0898. The Hall–Kier alpha value is -1.97. The largest absolute Gasteiger partial charge is 0.504 e. The molecule has 1 atom stereocenters. The molecule has 1 aromatic carbocycles. The Morgan fingerprint density at radius 1 is 1.33 bits per heavy atom. The number of aromatic hydroxyl groups is 1. The molecular formula is C14H17NO3. The van der Waals surface area contributed by atoms with Crippen LogP contribution in [0.15, 0.2) is 24.4 Å². The number of aromatic nitrogens is 1. The molecule has 96 valence electrons. The molecule has 1 heterocycles. The molecule has 1 aromatic heterocycles. The van der Waals surface area contributed by atoms with Gasteiger partial charge in [0, 0.05) is 17.6 Å². The van der Waals surface area contributed by atoms with Gasteiger partial charge in [0.25, 0.3) is 0 Å². The Kier molecular flexibility index (Phi) is 3.55. The average molecular weight is 247 g/mol. The number of nitrogens with zero attached hydrogens (tertiary/aromatic N) is 1. The van der Waals surface area contributed by atoms with E-state index in [0.717, 1.165) is 23.1 Å². The smallest absolute Gasteiger partial charge is 0.162 e. The average Bonchev–Trinajstić information content (AvgIpc) is 2.38. The first-order chi connectivity index (χ1) is 8.65. The molecule has 0 amide bonds. The van der Waals surface area contributed by atoms with Gasteiger partial charge in [0.1, 0.15) is 5.75 Å².